The number of pyridine rings is 2. The van der Waals surface area contributed by atoms with Gasteiger partial charge in [-0.3, -0.25) is 4.79 Å². The second-order valence-corrected chi connectivity index (χ2v) is 11.6. The van der Waals surface area contributed by atoms with Crippen LogP contribution in [-0.2, 0) is 29.1 Å². The lowest BCUT2D eigenvalue weighted by Gasteiger charge is -2.39. The average Bonchev–Trinajstić information content (AvgIpc) is 3.41. The highest BCUT2D eigenvalue weighted by Gasteiger charge is 2.31. The molecule has 0 radical (unpaired) electrons. The zero-order valence-electron chi connectivity index (χ0n) is 24.7. The number of ether oxygens (including phenoxy) is 2. The third-order valence-electron chi connectivity index (χ3n) is 9.21. The van der Waals surface area contributed by atoms with Gasteiger partial charge < -0.3 is 28.6 Å². The Morgan fingerprint density at radius 2 is 1.88 bits per heavy atom. The fraction of sp³-hybridized carbons (Fsp3) is 0.500. The summed E-state index contributed by atoms with van der Waals surface area (Å²) >= 11 is 0. The number of carbonyl (C=O) groups excluding carboxylic acids is 2. The van der Waals surface area contributed by atoms with Gasteiger partial charge >= 0.3 is 6.09 Å². The van der Waals surface area contributed by atoms with Crippen LogP contribution in [-0.4, -0.2) is 71.1 Å². The number of nitrogens with zero attached hydrogens (tertiary/aromatic N) is 5. The van der Waals surface area contributed by atoms with Gasteiger partial charge in [0.15, 0.2) is 12.3 Å². The number of methoxy groups -OCH3 is 1. The van der Waals surface area contributed by atoms with E-state index in [4.69, 9.17) is 14.5 Å². The van der Waals surface area contributed by atoms with Gasteiger partial charge in [-0.05, 0) is 75.0 Å². The first-order chi connectivity index (χ1) is 21.0. The van der Waals surface area contributed by atoms with Crippen molar-refractivity contribution in [3.05, 3.63) is 61.8 Å². The summed E-state index contributed by atoms with van der Waals surface area (Å²) in [7, 11) is 1.45. The van der Waals surface area contributed by atoms with Crippen LogP contribution in [0, 0.1) is 4.91 Å². The van der Waals surface area contributed by atoms with E-state index in [0.717, 1.165) is 42.4 Å². The minimum absolute atomic E-state index is 0.0502. The van der Waals surface area contributed by atoms with Crippen molar-refractivity contribution >= 4 is 23.3 Å². The van der Waals surface area contributed by atoms with Crippen molar-refractivity contribution < 1.29 is 19.1 Å². The zero-order chi connectivity index (χ0) is 30.1. The van der Waals surface area contributed by atoms with E-state index in [2.05, 4.69) is 10.1 Å². The van der Waals surface area contributed by atoms with Crippen LogP contribution < -0.4 is 10.3 Å². The number of aldehydes is 1. The third kappa shape index (κ3) is 5.36. The van der Waals surface area contributed by atoms with Crippen molar-refractivity contribution in [1.82, 2.24) is 19.4 Å². The summed E-state index contributed by atoms with van der Waals surface area (Å²) in [4.78, 5) is 59.0. The lowest BCUT2D eigenvalue weighted by molar-refractivity contribution is -0.109. The molecule has 226 valence electrons. The summed E-state index contributed by atoms with van der Waals surface area (Å²) in [5.41, 5.74) is 3.87. The molecule has 1 aromatic carbocycles. The van der Waals surface area contributed by atoms with Crippen LogP contribution in [0.1, 0.15) is 67.3 Å². The Hall–Kier alpha value is -3.96. The highest BCUT2D eigenvalue weighted by Crippen LogP contribution is 2.38. The molecule has 2 saturated heterocycles. The first-order valence-corrected chi connectivity index (χ1v) is 15.2. The number of piperidine rings is 2. The Labute approximate surface area is 249 Å². The maximum absolute atomic E-state index is 13.5. The molecule has 1 atom stereocenters. The molecule has 6 rings (SSSR count). The monoisotopic (exact) mass is 587 g/mol. The number of hydrogen-bond acceptors (Lipinski definition) is 9. The summed E-state index contributed by atoms with van der Waals surface area (Å²) in [5, 5.41) is 3.78. The molecule has 0 spiro atoms. The van der Waals surface area contributed by atoms with Gasteiger partial charge in [-0.2, -0.15) is 0 Å². The molecule has 11 nitrogen and oxygen atoms in total. The summed E-state index contributed by atoms with van der Waals surface area (Å²) < 4.78 is 12.7. The van der Waals surface area contributed by atoms with Crippen LogP contribution in [0.25, 0.3) is 22.3 Å². The first-order valence-electron chi connectivity index (χ1n) is 15.2. The Balaban J connectivity index is 1.27. The predicted octanol–water partition coefficient (Wildman–Crippen LogP) is 4.59. The van der Waals surface area contributed by atoms with Gasteiger partial charge in [-0.15, -0.1) is 4.91 Å². The second kappa shape index (κ2) is 12.3. The largest absolute Gasteiger partial charge is 0.415 e. The highest BCUT2D eigenvalue weighted by molar-refractivity contribution is 5.89. The number of likely N-dealkylation sites (tertiary alicyclic amines) is 2. The molecule has 3 aliphatic heterocycles. The van der Waals surface area contributed by atoms with E-state index < -0.39 is 6.04 Å². The number of aryl methyl sites for hydroxylation is 1. The SMILES string of the molecule is CCc1c2c(nc3ccc(OC(=O)N4CCC(N5CCCCC5)CC4)cc13)-c1cc(C(C=O)N=O)c(COC)c(=O)n1C2. The molecule has 0 aliphatic carbocycles. The van der Waals surface area contributed by atoms with E-state index >= 15 is 0 Å². The summed E-state index contributed by atoms with van der Waals surface area (Å²) in [6.07, 6.45) is 6.52. The Morgan fingerprint density at radius 3 is 2.56 bits per heavy atom. The van der Waals surface area contributed by atoms with Crippen molar-refractivity contribution in [2.45, 2.75) is 70.7 Å². The van der Waals surface area contributed by atoms with Crippen LogP contribution >= 0.6 is 0 Å². The molecule has 0 bridgehead atoms. The lowest BCUT2D eigenvalue weighted by Crippen LogP contribution is -2.48. The van der Waals surface area contributed by atoms with Crippen LogP contribution in [0.2, 0.25) is 0 Å². The molecule has 1 amide bonds. The molecular formula is C32H37N5O6. The van der Waals surface area contributed by atoms with E-state index in [1.54, 1.807) is 21.6 Å². The van der Waals surface area contributed by atoms with Gasteiger partial charge in [0.25, 0.3) is 5.56 Å². The predicted molar refractivity (Wildman–Crippen MR) is 161 cm³/mol. The molecule has 0 saturated carbocycles. The summed E-state index contributed by atoms with van der Waals surface area (Å²) in [6, 6.07) is 6.31. The number of nitroso groups, excluding NO2 is 1. The number of carbonyl (C=O) groups is 2. The molecule has 43 heavy (non-hydrogen) atoms. The minimum Gasteiger partial charge on any atom is -0.410 e. The quantitative estimate of drug-likeness (QED) is 0.217. The first kappa shape index (κ1) is 29.1. The number of benzene rings is 1. The molecular weight excluding hydrogens is 550 g/mol. The van der Waals surface area contributed by atoms with E-state index in [1.165, 1.54) is 26.4 Å². The van der Waals surface area contributed by atoms with Crippen molar-refractivity contribution in [3.63, 3.8) is 0 Å². The van der Waals surface area contributed by atoms with Crippen molar-refractivity contribution in [2.75, 3.05) is 33.3 Å². The summed E-state index contributed by atoms with van der Waals surface area (Å²) in [6.45, 7) is 5.98. The van der Waals surface area contributed by atoms with Gasteiger partial charge in [0.1, 0.15) is 5.75 Å². The molecule has 2 aromatic heterocycles. The van der Waals surface area contributed by atoms with Crippen LogP contribution in [0.5, 0.6) is 5.75 Å². The van der Waals surface area contributed by atoms with E-state index in [-0.39, 0.29) is 29.4 Å². The van der Waals surface area contributed by atoms with Gasteiger partial charge in [-0.25, -0.2) is 9.78 Å². The zero-order valence-corrected chi connectivity index (χ0v) is 24.7. The van der Waals surface area contributed by atoms with E-state index in [9.17, 15) is 19.3 Å². The maximum Gasteiger partial charge on any atom is 0.415 e. The highest BCUT2D eigenvalue weighted by atomic mass is 16.6. The molecule has 1 unspecified atom stereocenters. The lowest BCUT2D eigenvalue weighted by atomic mass is 9.97. The minimum atomic E-state index is -1.31. The van der Waals surface area contributed by atoms with Crippen LogP contribution in [0.15, 0.2) is 34.2 Å². The average molecular weight is 588 g/mol. The number of amides is 1. The maximum atomic E-state index is 13.5. The van der Waals surface area contributed by atoms with Gasteiger partial charge in [0.2, 0.25) is 0 Å². The fourth-order valence-corrected chi connectivity index (χ4v) is 6.99. The van der Waals surface area contributed by atoms with Gasteiger partial charge in [-0.1, -0.05) is 18.5 Å². The van der Waals surface area contributed by atoms with Crippen molar-refractivity contribution in [3.8, 4) is 17.1 Å². The molecule has 2 fully saturated rings. The van der Waals surface area contributed by atoms with Crippen LogP contribution in [0.4, 0.5) is 4.79 Å². The van der Waals surface area contributed by atoms with Crippen molar-refractivity contribution in [1.29, 1.82) is 0 Å². The smallest absolute Gasteiger partial charge is 0.410 e. The van der Waals surface area contributed by atoms with E-state index in [1.807, 2.05) is 19.1 Å². The molecule has 0 N–H and O–H groups in total. The molecule has 5 heterocycles. The molecule has 11 heteroatoms. The summed E-state index contributed by atoms with van der Waals surface area (Å²) in [5.74, 6) is 0.454. The molecule has 3 aromatic rings. The van der Waals surface area contributed by atoms with Crippen molar-refractivity contribution in [2.24, 2.45) is 5.18 Å². The third-order valence-corrected chi connectivity index (χ3v) is 9.21. The van der Waals surface area contributed by atoms with Gasteiger partial charge in [0.05, 0.1) is 30.1 Å². The second-order valence-electron chi connectivity index (χ2n) is 11.6. The Kier molecular flexibility index (Phi) is 8.36. The number of fused-ring (bicyclic) bond motifs is 4. The topological polar surface area (TPSA) is 123 Å². The number of aromatic nitrogens is 2. The van der Waals surface area contributed by atoms with E-state index in [0.29, 0.717) is 61.0 Å². The standard InChI is InChI=1S/C32H37N5O6/c1-3-22-23-15-21(43-32(40)36-13-9-20(10-14-36)35-11-5-4-6-12-35)7-8-27(23)33-30-25(22)17-37-29(30)16-24(28(18-38)34-41)26(19-42-2)31(37)39/h7-8,15-16,18,20,28H,3-6,9-14,17,19H2,1-2H3. The Morgan fingerprint density at radius 1 is 1.12 bits per heavy atom. The fourth-order valence-electron chi connectivity index (χ4n) is 6.99. The number of rotatable bonds is 8. The normalized spacial score (nSPS) is 17.9. The van der Waals surface area contributed by atoms with Crippen LogP contribution in [0.3, 0.4) is 0 Å². The Bertz CT molecular complexity index is 1610. The number of hydrogen-bond donors (Lipinski definition) is 0. The molecule has 3 aliphatic rings. The van der Waals surface area contributed by atoms with Gasteiger partial charge in [0, 0.05) is 48.3 Å².